The van der Waals surface area contributed by atoms with E-state index in [1.165, 1.54) is 6.92 Å². The molecular weight excluding hydrogens is 484 g/mol. The van der Waals surface area contributed by atoms with Gasteiger partial charge in [-0.25, -0.2) is 0 Å². The number of halogens is 1. The average Bonchev–Trinajstić information content (AvgIpc) is 3.34. The Labute approximate surface area is 190 Å². The molecule has 3 N–H and O–H groups in total. The van der Waals surface area contributed by atoms with Crippen LogP contribution in [0.25, 0.3) is 22.4 Å². The number of furan rings is 1. The summed E-state index contributed by atoms with van der Waals surface area (Å²) < 4.78 is 12.2. The van der Waals surface area contributed by atoms with Crippen LogP contribution in [0.1, 0.15) is 17.5 Å². The lowest BCUT2D eigenvalue weighted by atomic mass is 10.2. The maximum atomic E-state index is 12.4. The fourth-order valence-electron chi connectivity index (χ4n) is 2.78. The molecule has 4 aromatic rings. The van der Waals surface area contributed by atoms with Crippen LogP contribution < -0.4 is 16.0 Å². The highest BCUT2D eigenvalue weighted by molar-refractivity contribution is 9.10. The predicted octanol–water partition coefficient (Wildman–Crippen LogP) is 4.94. The van der Waals surface area contributed by atoms with Gasteiger partial charge in [0.1, 0.15) is 11.3 Å². The molecular formula is C21H15BrN4O4S. The number of carbonyl (C=O) groups excluding carboxylic acids is 2. The van der Waals surface area contributed by atoms with Crippen LogP contribution in [-0.2, 0) is 4.79 Å². The molecule has 0 saturated carbocycles. The second-order valence-electron chi connectivity index (χ2n) is 6.46. The summed E-state index contributed by atoms with van der Waals surface area (Å²) in [6, 6.07) is 16.0. The molecule has 2 aromatic carbocycles. The van der Waals surface area contributed by atoms with Gasteiger partial charge >= 0.3 is 6.01 Å². The molecule has 10 heteroatoms. The SMILES string of the molecule is CC(=O)Nc1ccc2nc(NC(=S)NC(=O)c3ccc(-c4ccc(Br)cc4)o3)oc2c1. The summed E-state index contributed by atoms with van der Waals surface area (Å²) >= 11 is 8.55. The maximum absolute atomic E-state index is 12.4. The number of benzene rings is 2. The summed E-state index contributed by atoms with van der Waals surface area (Å²) in [4.78, 5) is 27.9. The molecule has 0 saturated heterocycles. The number of anilines is 2. The van der Waals surface area contributed by atoms with Crippen LogP contribution in [0.15, 0.2) is 67.9 Å². The first-order valence-corrected chi connectivity index (χ1v) is 10.2. The van der Waals surface area contributed by atoms with E-state index in [-0.39, 0.29) is 22.8 Å². The van der Waals surface area contributed by atoms with Crippen molar-refractivity contribution >= 4 is 67.9 Å². The molecule has 8 nitrogen and oxygen atoms in total. The Hall–Kier alpha value is -3.50. The summed E-state index contributed by atoms with van der Waals surface area (Å²) in [5, 5.41) is 7.91. The lowest BCUT2D eigenvalue weighted by molar-refractivity contribution is -0.114. The van der Waals surface area contributed by atoms with Gasteiger partial charge in [-0.3, -0.25) is 20.2 Å². The maximum Gasteiger partial charge on any atom is 0.302 e. The second-order valence-corrected chi connectivity index (χ2v) is 7.79. The molecule has 0 fully saturated rings. The van der Waals surface area contributed by atoms with E-state index in [1.807, 2.05) is 24.3 Å². The first-order chi connectivity index (χ1) is 14.9. The Morgan fingerprint density at radius 1 is 1.00 bits per heavy atom. The molecule has 0 aliphatic carbocycles. The highest BCUT2D eigenvalue weighted by Gasteiger charge is 2.15. The molecule has 0 bridgehead atoms. The minimum atomic E-state index is -0.509. The van der Waals surface area contributed by atoms with Crippen molar-refractivity contribution in [3.63, 3.8) is 0 Å². The molecule has 156 valence electrons. The number of hydrogen-bond donors (Lipinski definition) is 3. The van der Waals surface area contributed by atoms with Crippen molar-refractivity contribution in [3.05, 3.63) is 64.8 Å². The summed E-state index contributed by atoms with van der Waals surface area (Å²) in [6.07, 6.45) is 0. The molecule has 0 aliphatic heterocycles. The normalized spacial score (nSPS) is 10.6. The largest absolute Gasteiger partial charge is 0.451 e. The Morgan fingerprint density at radius 3 is 2.52 bits per heavy atom. The average molecular weight is 499 g/mol. The Balaban J connectivity index is 1.41. The highest BCUT2D eigenvalue weighted by atomic mass is 79.9. The van der Waals surface area contributed by atoms with E-state index in [0.29, 0.717) is 22.5 Å². The van der Waals surface area contributed by atoms with Gasteiger partial charge in [-0.2, -0.15) is 4.98 Å². The van der Waals surface area contributed by atoms with E-state index in [0.717, 1.165) is 10.0 Å². The standard InChI is InChI=1S/C21H15BrN4O4S/c1-11(27)23-14-6-7-15-18(10-14)30-20(24-15)26-21(31)25-19(28)17-9-8-16(29-17)12-2-4-13(22)5-3-12/h2-10H,1H3,(H,23,27)(H2,24,25,26,28,31). The van der Waals surface area contributed by atoms with Gasteiger partial charge in [0.15, 0.2) is 16.5 Å². The van der Waals surface area contributed by atoms with Gasteiger partial charge in [0, 0.05) is 28.7 Å². The molecule has 0 aliphatic rings. The zero-order chi connectivity index (χ0) is 22.0. The van der Waals surface area contributed by atoms with Gasteiger partial charge in [-0.05, 0) is 48.6 Å². The van der Waals surface area contributed by atoms with Crippen molar-refractivity contribution in [1.82, 2.24) is 10.3 Å². The first kappa shape index (κ1) is 20.8. The lowest BCUT2D eigenvalue weighted by Gasteiger charge is -2.04. The van der Waals surface area contributed by atoms with Crippen LogP contribution in [0.5, 0.6) is 0 Å². The number of thiocarbonyl (C=S) groups is 1. The summed E-state index contributed by atoms with van der Waals surface area (Å²) in [5.41, 5.74) is 2.44. The van der Waals surface area contributed by atoms with Crippen LogP contribution in [0, 0.1) is 0 Å². The molecule has 0 radical (unpaired) electrons. The smallest absolute Gasteiger partial charge is 0.302 e. The third kappa shape index (κ3) is 4.98. The van der Waals surface area contributed by atoms with Crippen molar-refractivity contribution in [2.75, 3.05) is 10.6 Å². The third-order valence-corrected chi connectivity index (χ3v) is 4.85. The third-order valence-electron chi connectivity index (χ3n) is 4.11. The van der Waals surface area contributed by atoms with Crippen LogP contribution in [0.3, 0.4) is 0 Å². The molecule has 2 aromatic heterocycles. The molecule has 0 unspecified atom stereocenters. The van der Waals surface area contributed by atoms with Crippen LogP contribution in [-0.4, -0.2) is 21.9 Å². The molecule has 2 heterocycles. The monoisotopic (exact) mass is 498 g/mol. The summed E-state index contributed by atoms with van der Waals surface area (Å²) in [5.74, 6) is -0.0303. The van der Waals surface area contributed by atoms with Crippen molar-refractivity contribution in [2.24, 2.45) is 0 Å². The van der Waals surface area contributed by atoms with Crippen molar-refractivity contribution in [3.8, 4) is 11.3 Å². The summed E-state index contributed by atoms with van der Waals surface area (Å²) in [6.45, 7) is 1.42. The fourth-order valence-corrected chi connectivity index (χ4v) is 3.23. The van der Waals surface area contributed by atoms with Crippen LogP contribution in [0.2, 0.25) is 0 Å². The number of oxazole rings is 1. The molecule has 0 spiro atoms. The second kappa shape index (κ2) is 8.70. The number of rotatable bonds is 4. The Bertz CT molecular complexity index is 1300. The van der Waals surface area contributed by atoms with Gasteiger partial charge in [0.2, 0.25) is 5.91 Å². The van der Waals surface area contributed by atoms with Crippen molar-refractivity contribution in [1.29, 1.82) is 0 Å². The highest BCUT2D eigenvalue weighted by Crippen LogP contribution is 2.24. The number of nitrogens with zero attached hydrogens (tertiary/aromatic N) is 1. The van der Waals surface area contributed by atoms with E-state index in [9.17, 15) is 9.59 Å². The molecule has 31 heavy (non-hydrogen) atoms. The van der Waals surface area contributed by atoms with Gasteiger partial charge in [0.05, 0.1) is 0 Å². The topological polar surface area (TPSA) is 109 Å². The van der Waals surface area contributed by atoms with Gasteiger partial charge in [0.25, 0.3) is 5.91 Å². The van der Waals surface area contributed by atoms with Gasteiger partial charge in [-0.15, -0.1) is 0 Å². The van der Waals surface area contributed by atoms with Gasteiger partial charge in [-0.1, -0.05) is 28.1 Å². The fraction of sp³-hybridized carbons (Fsp3) is 0.0476. The summed E-state index contributed by atoms with van der Waals surface area (Å²) in [7, 11) is 0. The quantitative estimate of drug-likeness (QED) is 0.342. The predicted molar refractivity (Wildman–Crippen MR) is 124 cm³/mol. The number of hydrogen-bond acceptors (Lipinski definition) is 6. The van der Waals surface area contributed by atoms with Crippen molar-refractivity contribution < 1.29 is 18.4 Å². The van der Waals surface area contributed by atoms with E-state index >= 15 is 0 Å². The van der Waals surface area contributed by atoms with E-state index in [1.54, 1.807) is 30.3 Å². The first-order valence-electron chi connectivity index (χ1n) is 9.04. The van der Waals surface area contributed by atoms with Crippen LogP contribution in [0.4, 0.5) is 11.7 Å². The minimum Gasteiger partial charge on any atom is -0.451 e. The van der Waals surface area contributed by atoms with Crippen LogP contribution >= 0.6 is 28.1 Å². The molecule has 4 rings (SSSR count). The Morgan fingerprint density at radius 2 is 1.77 bits per heavy atom. The zero-order valence-corrected chi connectivity index (χ0v) is 18.5. The molecule has 0 atom stereocenters. The lowest BCUT2D eigenvalue weighted by Crippen LogP contribution is -2.33. The number of fused-ring (bicyclic) bond motifs is 1. The number of aromatic nitrogens is 1. The number of nitrogens with one attached hydrogen (secondary N) is 3. The van der Waals surface area contributed by atoms with Gasteiger partial charge < -0.3 is 14.2 Å². The minimum absolute atomic E-state index is 0.000215. The Kier molecular flexibility index (Phi) is 5.83. The molecule has 2 amide bonds. The van der Waals surface area contributed by atoms with E-state index in [2.05, 4.69) is 36.9 Å². The zero-order valence-electron chi connectivity index (χ0n) is 16.1. The van der Waals surface area contributed by atoms with E-state index in [4.69, 9.17) is 21.1 Å². The van der Waals surface area contributed by atoms with E-state index < -0.39 is 5.91 Å². The number of carbonyl (C=O) groups is 2. The number of amides is 2. The van der Waals surface area contributed by atoms with Crippen molar-refractivity contribution in [2.45, 2.75) is 6.92 Å².